The number of aromatic nitrogens is 2. The zero-order valence-corrected chi connectivity index (χ0v) is 25.0. The van der Waals surface area contributed by atoms with Gasteiger partial charge in [0.05, 0.1) is 11.4 Å². The number of aryl methyl sites for hydroxylation is 2. The summed E-state index contributed by atoms with van der Waals surface area (Å²) in [6.07, 6.45) is 2.24. The maximum Gasteiger partial charge on any atom is 0.321 e. The number of pyridine rings is 1. The van der Waals surface area contributed by atoms with Crippen LogP contribution in [0.5, 0.6) is 0 Å². The fraction of sp³-hybridized carbons (Fsp3) is 0.278. The Morgan fingerprint density at radius 2 is 1.60 bits per heavy atom. The highest BCUT2D eigenvalue weighted by Gasteiger charge is 2.24. The number of piperazine rings is 1. The van der Waals surface area contributed by atoms with Crippen molar-refractivity contribution in [3.8, 4) is 22.4 Å². The van der Waals surface area contributed by atoms with Crippen LogP contribution in [0.2, 0.25) is 0 Å². The summed E-state index contributed by atoms with van der Waals surface area (Å²) in [7, 11) is 0. The van der Waals surface area contributed by atoms with Crippen LogP contribution in [0.4, 0.5) is 10.5 Å². The van der Waals surface area contributed by atoms with Gasteiger partial charge < -0.3 is 14.6 Å². The predicted octanol–water partition coefficient (Wildman–Crippen LogP) is 7.76. The second-order valence-corrected chi connectivity index (χ2v) is 11.7. The normalized spacial score (nSPS) is 14.1. The molecule has 214 valence electrons. The second-order valence-electron chi connectivity index (χ2n) is 11.7. The van der Waals surface area contributed by atoms with Gasteiger partial charge in [0, 0.05) is 50.2 Å². The molecular weight excluding hydrogens is 518 g/mol. The minimum atomic E-state index is -0.0371. The number of urea groups is 1. The molecule has 2 aromatic heterocycles. The third kappa shape index (κ3) is 5.81. The molecule has 0 bridgehead atoms. The lowest BCUT2D eigenvalue weighted by Gasteiger charge is -2.34. The molecule has 2 amide bonds. The zero-order chi connectivity index (χ0) is 29.2. The maximum absolute atomic E-state index is 13.0. The molecule has 0 radical (unpaired) electrons. The summed E-state index contributed by atoms with van der Waals surface area (Å²) in [6.45, 7) is 12.4. The Bertz CT molecular complexity index is 1700. The lowest BCUT2D eigenvalue weighted by Crippen LogP contribution is -2.49. The molecule has 6 rings (SSSR count). The van der Waals surface area contributed by atoms with E-state index in [9.17, 15) is 4.79 Å². The van der Waals surface area contributed by atoms with Gasteiger partial charge in [-0.2, -0.15) is 0 Å². The van der Waals surface area contributed by atoms with E-state index >= 15 is 0 Å². The van der Waals surface area contributed by atoms with Gasteiger partial charge in [-0.15, -0.1) is 0 Å². The van der Waals surface area contributed by atoms with Crippen molar-refractivity contribution >= 4 is 17.4 Å². The Morgan fingerprint density at radius 3 is 2.31 bits per heavy atom. The molecule has 3 heterocycles. The first-order valence-corrected chi connectivity index (χ1v) is 14.9. The Kier molecular flexibility index (Phi) is 7.81. The van der Waals surface area contributed by atoms with Crippen LogP contribution in [0.25, 0.3) is 28.0 Å². The number of nitrogens with one attached hydrogen (secondary N) is 1. The molecule has 42 heavy (non-hydrogen) atoms. The molecule has 0 spiro atoms. The number of imidazole rings is 1. The van der Waals surface area contributed by atoms with Gasteiger partial charge in [-0.3, -0.25) is 4.90 Å². The van der Waals surface area contributed by atoms with Gasteiger partial charge in [0.2, 0.25) is 0 Å². The van der Waals surface area contributed by atoms with Crippen LogP contribution < -0.4 is 5.32 Å². The van der Waals surface area contributed by atoms with Crippen molar-refractivity contribution in [2.45, 2.75) is 40.2 Å². The van der Waals surface area contributed by atoms with E-state index in [2.05, 4.69) is 115 Å². The molecule has 6 nitrogen and oxygen atoms in total. The van der Waals surface area contributed by atoms with Gasteiger partial charge in [-0.25, -0.2) is 9.78 Å². The molecule has 1 aliphatic heterocycles. The number of hydrogen-bond donors (Lipinski definition) is 1. The van der Waals surface area contributed by atoms with E-state index in [1.165, 1.54) is 33.5 Å². The summed E-state index contributed by atoms with van der Waals surface area (Å²) in [4.78, 5) is 22.5. The molecule has 1 saturated heterocycles. The maximum atomic E-state index is 13.0. The van der Waals surface area contributed by atoms with Crippen LogP contribution in [-0.4, -0.2) is 51.4 Å². The van der Waals surface area contributed by atoms with Crippen LogP contribution in [0.15, 0.2) is 91.1 Å². The number of carbonyl (C=O) groups excluding carboxylic acids is 1. The number of hydrogen-bond acceptors (Lipinski definition) is 3. The van der Waals surface area contributed by atoms with Crippen molar-refractivity contribution in [3.63, 3.8) is 0 Å². The standard InChI is InChI=1S/C36H39N5O/c1-25(2)28-12-15-31(16-13-28)37-36(42)40-20-18-39(19-21-40)24-33-35(29-8-6-5-7-9-29)38-34-17-14-30(23-41(33)34)32-22-26(3)10-11-27(32)4/h5-17,22-23,25H,18-21,24H2,1-4H3,(H,37,42). The van der Waals surface area contributed by atoms with Crippen molar-refractivity contribution in [3.05, 3.63) is 114 Å². The number of carbonyl (C=O) groups is 1. The number of anilines is 1. The van der Waals surface area contributed by atoms with E-state index in [0.717, 1.165) is 42.2 Å². The van der Waals surface area contributed by atoms with E-state index in [1.807, 2.05) is 23.1 Å². The molecule has 1 N–H and O–H groups in total. The average molecular weight is 558 g/mol. The third-order valence-corrected chi connectivity index (χ3v) is 8.33. The Labute approximate surface area is 248 Å². The molecule has 3 aromatic carbocycles. The van der Waals surface area contributed by atoms with Crippen molar-refractivity contribution in [2.24, 2.45) is 0 Å². The lowest BCUT2D eigenvalue weighted by atomic mass is 10.00. The van der Waals surface area contributed by atoms with Crippen molar-refractivity contribution < 1.29 is 4.79 Å². The van der Waals surface area contributed by atoms with E-state index < -0.39 is 0 Å². The SMILES string of the molecule is Cc1ccc(C)c(-c2ccc3nc(-c4ccccc4)c(CN4CCN(C(=O)Nc5ccc(C(C)C)cc5)CC4)n3c2)c1. The number of nitrogens with zero attached hydrogens (tertiary/aromatic N) is 4. The number of rotatable bonds is 6. The molecule has 6 heteroatoms. The van der Waals surface area contributed by atoms with E-state index in [-0.39, 0.29) is 6.03 Å². The smallest absolute Gasteiger partial charge is 0.321 e. The summed E-state index contributed by atoms with van der Waals surface area (Å²) >= 11 is 0. The second kappa shape index (κ2) is 11.8. The highest BCUT2D eigenvalue weighted by Crippen LogP contribution is 2.30. The van der Waals surface area contributed by atoms with Crippen LogP contribution in [0, 0.1) is 13.8 Å². The highest BCUT2D eigenvalue weighted by atomic mass is 16.2. The molecular formula is C36H39N5O. The Hall–Kier alpha value is -4.42. The fourth-order valence-electron chi connectivity index (χ4n) is 5.75. The average Bonchev–Trinajstić information content (AvgIpc) is 3.36. The molecule has 1 fully saturated rings. The Balaban J connectivity index is 1.22. The van der Waals surface area contributed by atoms with E-state index in [4.69, 9.17) is 4.98 Å². The first kappa shape index (κ1) is 27.7. The number of fused-ring (bicyclic) bond motifs is 1. The van der Waals surface area contributed by atoms with Crippen LogP contribution in [0.1, 0.15) is 42.1 Å². The first-order valence-electron chi connectivity index (χ1n) is 14.9. The highest BCUT2D eigenvalue weighted by molar-refractivity contribution is 5.89. The fourth-order valence-corrected chi connectivity index (χ4v) is 5.75. The van der Waals surface area contributed by atoms with Crippen LogP contribution in [-0.2, 0) is 6.54 Å². The van der Waals surface area contributed by atoms with Gasteiger partial charge in [0.25, 0.3) is 0 Å². The topological polar surface area (TPSA) is 52.9 Å². The first-order chi connectivity index (χ1) is 20.4. The van der Waals surface area contributed by atoms with Gasteiger partial charge >= 0.3 is 6.03 Å². The lowest BCUT2D eigenvalue weighted by molar-refractivity contribution is 0.142. The third-order valence-electron chi connectivity index (χ3n) is 8.33. The molecule has 0 aliphatic carbocycles. The van der Waals surface area contributed by atoms with Crippen LogP contribution >= 0.6 is 0 Å². The quantitative estimate of drug-likeness (QED) is 0.232. The predicted molar refractivity (Wildman–Crippen MR) is 172 cm³/mol. The van der Waals surface area contributed by atoms with Crippen molar-refractivity contribution in [1.82, 2.24) is 19.2 Å². The summed E-state index contributed by atoms with van der Waals surface area (Å²) in [5.41, 5.74) is 11.3. The monoisotopic (exact) mass is 557 g/mol. The van der Waals surface area contributed by atoms with Gasteiger partial charge in [0.1, 0.15) is 5.65 Å². The molecule has 5 aromatic rings. The van der Waals surface area contributed by atoms with Crippen molar-refractivity contribution in [1.29, 1.82) is 0 Å². The van der Waals surface area contributed by atoms with Gasteiger partial charge in [-0.1, -0.05) is 80.1 Å². The van der Waals surface area contributed by atoms with Gasteiger partial charge in [-0.05, 0) is 66.3 Å². The molecule has 0 atom stereocenters. The summed E-state index contributed by atoms with van der Waals surface area (Å²) in [6, 6.07) is 29.5. The van der Waals surface area contributed by atoms with Crippen molar-refractivity contribution in [2.75, 3.05) is 31.5 Å². The minimum Gasteiger partial charge on any atom is -0.322 e. The zero-order valence-electron chi connectivity index (χ0n) is 25.0. The Morgan fingerprint density at radius 1 is 0.857 bits per heavy atom. The van der Waals surface area contributed by atoms with E-state index in [0.29, 0.717) is 19.0 Å². The molecule has 0 saturated carbocycles. The molecule has 0 unspecified atom stereocenters. The summed E-state index contributed by atoms with van der Waals surface area (Å²) in [5.74, 6) is 0.469. The minimum absolute atomic E-state index is 0.0371. The number of benzene rings is 3. The van der Waals surface area contributed by atoms with E-state index in [1.54, 1.807) is 0 Å². The summed E-state index contributed by atoms with van der Waals surface area (Å²) < 4.78 is 2.26. The molecule has 1 aliphatic rings. The largest absolute Gasteiger partial charge is 0.322 e. The van der Waals surface area contributed by atoms with Gasteiger partial charge in [0.15, 0.2) is 0 Å². The van der Waals surface area contributed by atoms with Crippen LogP contribution in [0.3, 0.4) is 0 Å². The summed E-state index contributed by atoms with van der Waals surface area (Å²) in [5, 5.41) is 3.08. The number of amides is 2.